The Kier molecular flexibility index (Phi) is 6.92. The van der Waals surface area contributed by atoms with E-state index in [-0.39, 0.29) is 16.3 Å². The minimum atomic E-state index is -4.91. The number of benzene rings is 3. The maximum absolute atomic E-state index is 13.3. The zero-order valence-electron chi connectivity index (χ0n) is 17.1. The molecule has 0 aliphatic rings. The summed E-state index contributed by atoms with van der Waals surface area (Å²) in [6.07, 6.45) is -4.91. The molecule has 6 nitrogen and oxygen atoms in total. The molecule has 0 spiro atoms. The maximum atomic E-state index is 13.3. The first kappa shape index (κ1) is 24.1. The van der Waals surface area contributed by atoms with Gasteiger partial charge in [-0.15, -0.1) is 0 Å². The smallest absolute Gasteiger partial charge is 0.419 e. The second kappa shape index (κ2) is 9.49. The lowest BCUT2D eigenvalue weighted by atomic mass is 10.2. The van der Waals surface area contributed by atoms with Gasteiger partial charge in [-0.05, 0) is 61.0 Å². The van der Waals surface area contributed by atoms with Crippen molar-refractivity contribution in [1.29, 1.82) is 0 Å². The lowest BCUT2D eigenvalue weighted by molar-refractivity contribution is -0.140. The van der Waals surface area contributed by atoms with Gasteiger partial charge in [0.15, 0.2) is 6.61 Å². The summed E-state index contributed by atoms with van der Waals surface area (Å²) in [5.74, 6) is -2.08. The number of hydrogen-bond acceptors (Lipinski definition) is 4. The fourth-order valence-electron chi connectivity index (χ4n) is 2.77. The van der Waals surface area contributed by atoms with Crippen LogP contribution >= 0.6 is 0 Å². The molecule has 3 aromatic rings. The highest BCUT2D eigenvalue weighted by Crippen LogP contribution is 2.33. The highest BCUT2D eigenvalue weighted by atomic mass is 32.2. The summed E-state index contributed by atoms with van der Waals surface area (Å²) in [6.45, 7) is 1.20. The van der Waals surface area contributed by atoms with Crippen molar-refractivity contribution in [2.45, 2.75) is 18.0 Å². The van der Waals surface area contributed by atoms with Crippen LogP contribution in [0.4, 0.5) is 28.9 Å². The molecule has 0 aliphatic heterocycles. The van der Waals surface area contributed by atoms with E-state index in [1.807, 2.05) is 0 Å². The van der Waals surface area contributed by atoms with Crippen LogP contribution in [0.5, 0.6) is 5.75 Å². The van der Waals surface area contributed by atoms with E-state index < -0.39 is 40.1 Å². The molecule has 3 rings (SSSR count). The van der Waals surface area contributed by atoms with Gasteiger partial charge in [-0.2, -0.15) is 13.2 Å². The van der Waals surface area contributed by atoms with E-state index in [9.17, 15) is 30.8 Å². The van der Waals surface area contributed by atoms with Crippen molar-refractivity contribution < 1.29 is 35.5 Å². The molecule has 0 unspecified atom stereocenters. The Hall–Kier alpha value is -3.60. The van der Waals surface area contributed by atoms with Gasteiger partial charge in [0.25, 0.3) is 15.9 Å². The molecule has 0 fully saturated rings. The summed E-state index contributed by atoms with van der Waals surface area (Å²) >= 11 is 0. The molecule has 0 saturated carbocycles. The van der Waals surface area contributed by atoms with E-state index >= 15 is 0 Å². The van der Waals surface area contributed by atoms with E-state index in [1.54, 1.807) is 31.2 Å². The Morgan fingerprint density at radius 2 is 1.67 bits per heavy atom. The zero-order valence-corrected chi connectivity index (χ0v) is 17.9. The Bertz CT molecular complexity index is 1260. The number of nitrogens with one attached hydrogen (secondary N) is 2. The predicted octanol–water partition coefficient (Wildman–Crippen LogP) is 4.97. The monoisotopic (exact) mass is 482 g/mol. The lowest BCUT2D eigenvalue weighted by Gasteiger charge is -2.12. The molecule has 0 atom stereocenters. The van der Waals surface area contributed by atoms with E-state index in [4.69, 9.17) is 4.74 Å². The number of carbonyl (C=O) groups is 1. The van der Waals surface area contributed by atoms with Gasteiger partial charge in [0.1, 0.15) is 11.6 Å². The second-order valence-corrected chi connectivity index (χ2v) is 8.60. The van der Waals surface area contributed by atoms with Crippen LogP contribution in [0.2, 0.25) is 0 Å². The van der Waals surface area contributed by atoms with Crippen LogP contribution in [0, 0.1) is 12.7 Å². The van der Waals surface area contributed by atoms with E-state index in [1.165, 1.54) is 24.3 Å². The third-order valence-corrected chi connectivity index (χ3v) is 5.83. The van der Waals surface area contributed by atoms with Gasteiger partial charge < -0.3 is 10.1 Å². The number of rotatable bonds is 7. The average Bonchev–Trinajstić information content (AvgIpc) is 2.75. The number of aryl methyl sites for hydroxylation is 1. The molecular weight excluding hydrogens is 464 g/mol. The molecule has 0 heterocycles. The van der Waals surface area contributed by atoms with Crippen molar-refractivity contribution in [3.8, 4) is 5.75 Å². The lowest BCUT2D eigenvalue weighted by Crippen LogP contribution is -2.21. The molecule has 174 valence electrons. The molecule has 0 saturated heterocycles. The highest BCUT2D eigenvalue weighted by molar-refractivity contribution is 7.92. The summed E-state index contributed by atoms with van der Waals surface area (Å²) in [5, 5.41) is 2.18. The van der Waals surface area contributed by atoms with Gasteiger partial charge in [0.05, 0.1) is 16.1 Å². The third-order valence-electron chi connectivity index (χ3n) is 4.45. The summed E-state index contributed by atoms with van der Waals surface area (Å²) in [6, 6.07) is 14.2. The first-order valence-corrected chi connectivity index (χ1v) is 10.9. The summed E-state index contributed by atoms with van der Waals surface area (Å²) in [5.41, 5.74) is -0.571. The SMILES string of the molecule is Cc1ccccc1NS(=O)(=O)c1ccc(OCC(=O)Nc2ccc(F)c(C(F)(F)F)c2)cc1. The number of halogens is 4. The number of amides is 1. The molecule has 2 N–H and O–H groups in total. The molecular formula is C22H18F4N2O4S. The number of hydrogen-bond donors (Lipinski definition) is 2. The largest absolute Gasteiger partial charge is 0.484 e. The van der Waals surface area contributed by atoms with Crippen molar-refractivity contribution in [3.05, 3.63) is 83.7 Å². The molecule has 0 aliphatic carbocycles. The Morgan fingerprint density at radius 1 is 1.00 bits per heavy atom. The number of alkyl halides is 3. The van der Waals surface area contributed by atoms with Crippen molar-refractivity contribution in [3.63, 3.8) is 0 Å². The molecule has 1 amide bonds. The Balaban J connectivity index is 1.60. The first-order chi connectivity index (χ1) is 15.5. The summed E-state index contributed by atoms with van der Waals surface area (Å²) in [7, 11) is -3.85. The van der Waals surface area contributed by atoms with Crippen LogP contribution in [-0.2, 0) is 21.0 Å². The normalized spacial score (nSPS) is 11.7. The molecule has 0 radical (unpaired) electrons. The van der Waals surface area contributed by atoms with Crippen LogP contribution in [0.15, 0.2) is 71.6 Å². The van der Waals surface area contributed by atoms with Crippen molar-refractivity contribution >= 4 is 27.3 Å². The van der Waals surface area contributed by atoms with Gasteiger partial charge in [-0.1, -0.05) is 18.2 Å². The van der Waals surface area contributed by atoms with Gasteiger partial charge in [0, 0.05) is 5.69 Å². The minimum absolute atomic E-state index is 0.0338. The average molecular weight is 482 g/mol. The zero-order chi connectivity index (χ0) is 24.2. The summed E-state index contributed by atoms with van der Waals surface area (Å²) in [4.78, 5) is 11.9. The number of anilines is 2. The van der Waals surface area contributed by atoms with Gasteiger partial charge in [0.2, 0.25) is 0 Å². The molecule has 0 aromatic heterocycles. The van der Waals surface area contributed by atoms with Crippen molar-refractivity contribution in [2.75, 3.05) is 16.6 Å². The topological polar surface area (TPSA) is 84.5 Å². The van der Waals surface area contributed by atoms with Gasteiger partial charge in [-0.25, -0.2) is 12.8 Å². The number of ether oxygens (including phenoxy) is 1. The summed E-state index contributed by atoms with van der Waals surface area (Å²) < 4.78 is 84.4. The van der Waals surface area contributed by atoms with E-state index in [0.717, 1.165) is 11.6 Å². The Morgan fingerprint density at radius 3 is 2.30 bits per heavy atom. The Labute approximate surface area is 187 Å². The van der Waals surface area contributed by atoms with Crippen LogP contribution in [0.25, 0.3) is 0 Å². The van der Waals surface area contributed by atoms with E-state index in [0.29, 0.717) is 17.8 Å². The quantitative estimate of drug-likeness (QED) is 0.466. The highest BCUT2D eigenvalue weighted by Gasteiger charge is 2.34. The predicted molar refractivity (Wildman–Crippen MR) is 114 cm³/mol. The standard InChI is InChI=1S/C22H18F4N2O4S/c1-14-4-2-3-5-20(14)28-33(30,31)17-9-7-16(8-10-17)32-13-21(29)27-15-6-11-19(23)18(12-15)22(24,25)26/h2-12,28H,13H2,1H3,(H,27,29). The molecule has 3 aromatic carbocycles. The minimum Gasteiger partial charge on any atom is -0.484 e. The van der Waals surface area contributed by atoms with Crippen LogP contribution < -0.4 is 14.8 Å². The first-order valence-electron chi connectivity index (χ1n) is 9.43. The van der Waals surface area contributed by atoms with Crippen molar-refractivity contribution in [2.24, 2.45) is 0 Å². The number of para-hydroxylation sites is 1. The second-order valence-electron chi connectivity index (χ2n) is 6.92. The van der Waals surface area contributed by atoms with Crippen LogP contribution in [0.3, 0.4) is 0 Å². The molecule has 33 heavy (non-hydrogen) atoms. The molecule has 11 heteroatoms. The third kappa shape index (κ3) is 6.22. The van der Waals surface area contributed by atoms with E-state index in [2.05, 4.69) is 10.0 Å². The number of sulfonamides is 1. The number of carbonyl (C=O) groups excluding carboxylic acids is 1. The maximum Gasteiger partial charge on any atom is 0.419 e. The fraction of sp³-hybridized carbons (Fsp3) is 0.136. The van der Waals surface area contributed by atoms with Crippen LogP contribution in [0.1, 0.15) is 11.1 Å². The van der Waals surface area contributed by atoms with Crippen LogP contribution in [-0.4, -0.2) is 20.9 Å². The van der Waals surface area contributed by atoms with Crippen molar-refractivity contribution in [1.82, 2.24) is 0 Å². The van der Waals surface area contributed by atoms with Gasteiger partial charge in [-0.3, -0.25) is 9.52 Å². The fourth-order valence-corrected chi connectivity index (χ4v) is 3.90. The van der Waals surface area contributed by atoms with Gasteiger partial charge >= 0.3 is 6.18 Å². The molecule has 0 bridgehead atoms.